The third kappa shape index (κ3) is 3.80. The predicted octanol–water partition coefficient (Wildman–Crippen LogP) is 4.00. The van der Waals surface area contributed by atoms with Gasteiger partial charge in [0.25, 0.3) is 0 Å². The van der Waals surface area contributed by atoms with E-state index in [4.69, 9.17) is 21.6 Å². The average molecular weight is 304 g/mol. The molecule has 0 radical (unpaired) electrons. The predicted molar refractivity (Wildman–Crippen MR) is 77.0 cm³/mol. The molecule has 0 atom stereocenters. The van der Waals surface area contributed by atoms with Crippen LogP contribution in [0.1, 0.15) is 22.3 Å². The molecule has 0 aliphatic carbocycles. The lowest BCUT2D eigenvalue weighted by atomic mass is 10.1. The van der Waals surface area contributed by atoms with Crippen LogP contribution in [0.3, 0.4) is 0 Å². The summed E-state index contributed by atoms with van der Waals surface area (Å²) in [7, 11) is 0. The van der Waals surface area contributed by atoms with E-state index in [1.165, 1.54) is 24.3 Å². The summed E-state index contributed by atoms with van der Waals surface area (Å²) in [5.74, 6) is -0.201. The van der Waals surface area contributed by atoms with E-state index in [9.17, 15) is 9.18 Å². The first-order valence-corrected chi connectivity index (χ1v) is 6.60. The van der Waals surface area contributed by atoms with Crippen LogP contribution in [0.5, 0.6) is 5.75 Å². The topological polar surface area (TPSA) is 50.1 Å². The van der Waals surface area contributed by atoms with Crippen LogP contribution in [0, 0.1) is 17.1 Å². The van der Waals surface area contributed by atoms with Gasteiger partial charge >= 0.3 is 0 Å². The third-order valence-electron chi connectivity index (χ3n) is 2.84. The van der Waals surface area contributed by atoms with Crippen LogP contribution in [0.4, 0.5) is 4.39 Å². The molecule has 0 aromatic heterocycles. The van der Waals surface area contributed by atoms with Crippen molar-refractivity contribution < 1.29 is 13.9 Å². The summed E-state index contributed by atoms with van der Waals surface area (Å²) in [6.07, 6.45) is 0.128. The molecule has 3 nitrogen and oxygen atoms in total. The number of carbonyl (C=O) groups is 1. The van der Waals surface area contributed by atoms with Crippen molar-refractivity contribution in [3.05, 3.63) is 64.4 Å². The van der Waals surface area contributed by atoms with E-state index in [1.807, 2.05) is 6.07 Å². The Bertz CT molecular complexity index is 692. The van der Waals surface area contributed by atoms with Crippen molar-refractivity contribution >= 4 is 17.4 Å². The SMILES string of the molecule is N#Cc1c(Cl)cccc1OCCC(=O)c1ccc(F)cc1. The van der Waals surface area contributed by atoms with Crippen LogP contribution < -0.4 is 4.74 Å². The number of carbonyl (C=O) groups excluding carboxylic acids is 1. The number of hydrogen-bond donors (Lipinski definition) is 0. The van der Waals surface area contributed by atoms with Gasteiger partial charge in [0.2, 0.25) is 0 Å². The number of ketones is 1. The number of benzene rings is 2. The molecule has 0 unspecified atom stereocenters. The molecule has 0 fully saturated rings. The Hall–Kier alpha value is -2.38. The van der Waals surface area contributed by atoms with Gasteiger partial charge in [-0.2, -0.15) is 5.26 Å². The normalized spacial score (nSPS) is 9.95. The lowest BCUT2D eigenvalue weighted by Gasteiger charge is -2.08. The molecule has 2 rings (SSSR count). The fourth-order valence-corrected chi connectivity index (χ4v) is 1.98. The van der Waals surface area contributed by atoms with Gasteiger partial charge in [0.1, 0.15) is 23.2 Å². The quantitative estimate of drug-likeness (QED) is 0.784. The van der Waals surface area contributed by atoms with Gasteiger partial charge in [0.05, 0.1) is 11.6 Å². The molecule has 2 aromatic carbocycles. The standard InChI is InChI=1S/C16H11ClFNO2/c17-14-2-1-3-16(13(14)10-19)21-9-8-15(20)11-4-6-12(18)7-5-11/h1-7H,8-9H2. The Balaban J connectivity index is 1.96. The molecule has 0 bridgehead atoms. The smallest absolute Gasteiger partial charge is 0.166 e. The van der Waals surface area contributed by atoms with Crippen molar-refractivity contribution in [2.45, 2.75) is 6.42 Å². The van der Waals surface area contributed by atoms with Gasteiger partial charge in [-0.1, -0.05) is 17.7 Å². The van der Waals surface area contributed by atoms with Gasteiger partial charge in [-0.25, -0.2) is 4.39 Å². The summed E-state index contributed by atoms with van der Waals surface area (Å²) in [4.78, 5) is 11.9. The highest BCUT2D eigenvalue weighted by atomic mass is 35.5. The zero-order chi connectivity index (χ0) is 15.2. The van der Waals surface area contributed by atoms with Crippen molar-refractivity contribution in [1.82, 2.24) is 0 Å². The van der Waals surface area contributed by atoms with Crippen molar-refractivity contribution in [1.29, 1.82) is 5.26 Å². The second-order valence-corrected chi connectivity index (χ2v) is 4.66. The van der Waals surface area contributed by atoms with Gasteiger partial charge in [-0.05, 0) is 36.4 Å². The number of nitrogens with zero attached hydrogens (tertiary/aromatic N) is 1. The van der Waals surface area contributed by atoms with Crippen molar-refractivity contribution in [2.24, 2.45) is 0 Å². The van der Waals surface area contributed by atoms with Gasteiger partial charge in [0.15, 0.2) is 5.78 Å². The largest absolute Gasteiger partial charge is 0.492 e. The van der Waals surface area contributed by atoms with E-state index >= 15 is 0 Å². The fourth-order valence-electron chi connectivity index (χ4n) is 1.77. The van der Waals surface area contributed by atoms with Gasteiger partial charge in [0, 0.05) is 12.0 Å². The lowest BCUT2D eigenvalue weighted by Crippen LogP contribution is -2.07. The van der Waals surface area contributed by atoms with Crippen molar-refractivity contribution in [2.75, 3.05) is 6.61 Å². The van der Waals surface area contributed by atoms with Gasteiger partial charge in [-0.15, -0.1) is 0 Å². The summed E-state index contributed by atoms with van der Waals surface area (Å²) in [6.45, 7) is 0.116. The molecule has 5 heteroatoms. The molecular weight excluding hydrogens is 293 g/mol. The van der Waals surface area contributed by atoms with Crippen LogP contribution in [-0.2, 0) is 0 Å². The van der Waals surface area contributed by atoms with Crippen molar-refractivity contribution in [3.63, 3.8) is 0 Å². The van der Waals surface area contributed by atoms with E-state index in [0.717, 1.165) is 0 Å². The molecular formula is C16H11ClFNO2. The van der Waals surface area contributed by atoms with Crippen LogP contribution >= 0.6 is 11.6 Å². The Kier molecular flexibility index (Phi) is 4.91. The summed E-state index contributed by atoms with van der Waals surface area (Å²) >= 11 is 5.88. The number of Topliss-reactive ketones (excluding diaryl/α,β-unsaturated/α-hetero) is 1. The Morgan fingerprint density at radius 3 is 2.62 bits per heavy atom. The van der Waals surface area contributed by atoms with Crippen LogP contribution in [-0.4, -0.2) is 12.4 Å². The maximum absolute atomic E-state index is 12.8. The molecule has 21 heavy (non-hydrogen) atoms. The first-order valence-electron chi connectivity index (χ1n) is 6.22. The molecule has 0 heterocycles. The molecule has 0 N–H and O–H groups in total. The summed E-state index contributed by atoms with van der Waals surface area (Å²) in [5, 5.41) is 9.30. The minimum absolute atomic E-state index is 0.116. The molecule has 0 amide bonds. The van der Waals surface area contributed by atoms with E-state index < -0.39 is 0 Å². The number of hydrogen-bond acceptors (Lipinski definition) is 3. The summed E-state index contributed by atoms with van der Waals surface area (Å²) in [6, 6.07) is 12.2. The van der Waals surface area contributed by atoms with Crippen LogP contribution in [0.15, 0.2) is 42.5 Å². The minimum atomic E-state index is -0.389. The van der Waals surface area contributed by atoms with Crippen LogP contribution in [0.2, 0.25) is 5.02 Å². The Morgan fingerprint density at radius 2 is 1.95 bits per heavy atom. The molecule has 0 saturated carbocycles. The molecule has 0 spiro atoms. The molecule has 106 valence electrons. The first kappa shape index (κ1) is 15.0. The van der Waals surface area contributed by atoms with E-state index in [0.29, 0.717) is 16.3 Å². The first-order chi connectivity index (χ1) is 10.1. The van der Waals surface area contributed by atoms with Gasteiger partial charge in [-0.3, -0.25) is 4.79 Å². The van der Waals surface area contributed by atoms with Crippen molar-refractivity contribution in [3.8, 4) is 11.8 Å². The zero-order valence-electron chi connectivity index (χ0n) is 11.0. The maximum atomic E-state index is 12.8. The highest BCUT2D eigenvalue weighted by Crippen LogP contribution is 2.25. The highest BCUT2D eigenvalue weighted by molar-refractivity contribution is 6.31. The number of ether oxygens (including phenoxy) is 1. The van der Waals surface area contributed by atoms with Crippen LogP contribution in [0.25, 0.3) is 0 Å². The van der Waals surface area contributed by atoms with Gasteiger partial charge < -0.3 is 4.74 Å². The zero-order valence-corrected chi connectivity index (χ0v) is 11.7. The molecule has 0 saturated heterocycles. The molecule has 0 aliphatic heterocycles. The minimum Gasteiger partial charge on any atom is -0.492 e. The third-order valence-corrected chi connectivity index (χ3v) is 3.16. The Labute approximate surface area is 126 Å². The Morgan fingerprint density at radius 1 is 1.24 bits per heavy atom. The monoisotopic (exact) mass is 303 g/mol. The van der Waals surface area contributed by atoms with E-state index in [2.05, 4.69) is 0 Å². The number of halogens is 2. The molecule has 0 aliphatic rings. The maximum Gasteiger partial charge on any atom is 0.166 e. The number of nitriles is 1. The highest BCUT2D eigenvalue weighted by Gasteiger charge is 2.10. The van der Waals surface area contributed by atoms with E-state index in [1.54, 1.807) is 18.2 Å². The summed E-state index contributed by atoms with van der Waals surface area (Å²) in [5.41, 5.74) is 0.667. The lowest BCUT2D eigenvalue weighted by molar-refractivity contribution is 0.0962. The number of rotatable bonds is 5. The average Bonchev–Trinajstić information content (AvgIpc) is 2.48. The second kappa shape index (κ2) is 6.87. The molecule has 2 aromatic rings. The fraction of sp³-hybridized carbons (Fsp3) is 0.125. The summed E-state index contributed by atoms with van der Waals surface area (Å²) < 4.78 is 18.2. The van der Waals surface area contributed by atoms with E-state index in [-0.39, 0.29) is 30.2 Å². The second-order valence-electron chi connectivity index (χ2n) is 4.25.